The van der Waals surface area contributed by atoms with Crippen LogP contribution in [0, 0.1) is 5.82 Å². The number of aromatic nitrogens is 4. The molecule has 0 aliphatic rings. The molecule has 3 aromatic carbocycles. The van der Waals surface area contributed by atoms with Gasteiger partial charge in [0.15, 0.2) is 11.6 Å². The van der Waals surface area contributed by atoms with Gasteiger partial charge in [-0.3, -0.25) is 9.82 Å². The number of nitrogens with two attached hydrogens (primary N) is 1. The van der Waals surface area contributed by atoms with Crippen molar-refractivity contribution in [1.29, 1.82) is 0 Å². The van der Waals surface area contributed by atoms with E-state index in [9.17, 15) is 8.42 Å². The maximum Gasteiger partial charge on any atom is 0.232 e. The Morgan fingerprint density at radius 2 is 1.86 bits per heavy atom. The molecule has 0 bridgehead atoms. The molecule has 0 saturated carbocycles. The zero-order valence-electron chi connectivity index (χ0n) is 19.5. The summed E-state index contributed by atoms with van der Waals surface area (Å²) in [7, 11) is -2.18. The summed E-state index contributed by atoms with van der Waals surface area (Å²) in [5.74, 6) is 0.144. The van der Waals surface area contributed by atoms with Gasteiger partial charge in [-0.1, -0.05) is 31.2 Å². The summed E-state index contributed by atoms with van der Waals surface area (Å²) in [4.78, 5) is 9.21. The topological polar surface area (TPSA) is 136 Å². The second kappa shape index (κ2) is 9.08. The molecule has 0 fully saturated rings. The zero-order chi connectivity index (χ0) is 25.4. The van der Waals surface area contributed by atoms with Crippen molar-refractivity contribution < 1.29 is 17.5 Å². The SMILES string of the molecule is CCCS(=O)(=O)Nc1cccc(-c2cc(OC)c3nc(-c4cccc5[nH]ncc45)nc(N)c3c2)c1F. The summed E-state index contributed by atoms with van der Waals surface area (Å²) < 4.78 is 47.7. The molecule has 0 saturated heterocycles. The van der Waals surface area contributed by atoms with Crippen molar-refractivity contribution in [2.45, 2.75) is 13.3 Å². The Bertz CT molecular complexity index is 1720. The van der Waals surface area contributed by atoms with Gasteiger partial charge in [-0.2, -0.15) is 5.10 Å². The number of nitrogens with zero attached hydrogens (tertiary/aromatic N) is 3. The fourth-order valence-corrected chi connectivity index (χ4v) is 5.27. The summed E-state index contributed by atoms with van der Waals surface area (Å²) in [5.41, 5.74) is 8.89. The molecule has 0 aliphatic heterocycles. The van der Waals surface area contributed by atoms with Crippen molar-refractivity contribution in [3.63, 3.8) is 0 Å². The number of fused-ring (bicyclic) bond motifs is 2. The average Bonchev–Trinajstić information content (AvgIpc) is 3.34. The average molecular weight is 507 g/mol. The van der Waals surface area contributed by atoms with Crippen molar-refractivity contribution in [3.05, 3.63) is 60.5 Å². The maximum absolute atomic E-state index is 15.4. The predicted molar refractivity (Wildman–Crippen MR) is 139 cm³/mol. The fraction of sp³-hybridized carbons (Fsp3) is 0.160. The molecule has 5 aromatic rings. The largest absolute Gasteiger partial charge is 0.494 e. The van der Waals surface area contributed by atoms with Crippen molar-refractivity contribution in [3.8, 4) is 28.3 Å². The summed E-state index contributed by atoms with van der Waals surface area (Å²) in [6.45, 7) is 1.74. The first-order valence-electron chi connectivity index (χ1n) is 11.2. The molecular weight excluding hydrogens is 483 g/mol. The molecule has 36 heavy (non-hydrogen) atoms. The Balaban J connectivity index is 1.65. The lowest BCUT2D eigenvalue weighted by atomic mass is 10.0. The van der Waals surface area contributed by atoms with Gasteiger partial charge in [-0.05, 0) is 36.2 Å². The Kier molecular flexibility index (Phi) is 5.92. The maximum atomic E-state index is 15.4. The Hall–Kier alpha value is -4.25. The number of nitrogens with one attached hydrogen (secondary N) is 2. The minimum atomic E-state index is -3.66. The molecule has 0 amide bonds. The Labute approximate surface area is 206 Å². The van der Waals surface area contributed by atoms with Gasteiger partial charge in [0.25, 0.3) is 0 Å². The standard InChI is InChI=1S/C25H23FN6O3S/c1-3-10-36(33,34)32-20-9-4-6-15(22(20)26)14-11-17-23(21(12-14)35-2)29-25(30-24(17)27)16-7-5-8-19-18(16)13-28-31-19/h4-9,11-13,32H,3,10H2,1-2H3,(H,28,31)(H2,27,29,30). The molecule has 2 aromatic heterocycles. The van der Waals surface area contributed by atoms with Crippen LogP contribution in [0.3, 0.4) is 0 Å². The van der Waals surface area contributed by atoms with Gasteiger partial charge in [0.1, 0.15) is 17.1 Å². The van der Waals surface area contributed by atoms with Crippen LogP contribution in [0.5, 0.6) is 5.75 Å². The highest BCUT2D eigenvalue weighted by Crippen LogP contribution is 2.37. The molecule has 0 aliphatic carbocycles. The van der Waals surface area contributed by atoms with Crippen molar-refractivity contribution in [2.24, 2.45) is 0 Å². The zero-order valence-corrected chi connectivity index (χ0v) is 20.4. The van der Waals surface area contributed by atoms with E-state index in [2.05, 4.69) is 19.9 Å². The number of hydrogen-bond acceptors (Lipinski definition) is 7. The number of sulfonamides is 1. The number of H-pyrrole nitrogens is 1. The monoisotopic (exact) mass is 506 g/mol. The molecule has 4 N–H and O–H groups in total. The van der Waals surface area contributed by atoms with E-state index in [1.807, 2.05) is 18.2 Å². The lowest BCUT2D eigenvalue weighted by molar-refractivity contribution is 0.419. The molecule has 0 unspecified atom stereocenters. The van der Waals surface area contributed by atoms with E-state index >= 15 is 4.39 Å². The minimum Gasteiger partial charge on any atom is -0.494 e. The van der Waals surface area contributed by atoms with E-state index in [1.165, 1.54) is 13.2 Å². The lowest BCUT2D eigenvalue weighted by Gasteiger charge is -2.14. The third kappa shape index (κ3) is 4.17. The van der Waals surface area contributed by atoms with Crippen LogP contribution in [0.1, 0.15) is 13.3 Å². The van der Waals surface area contributed by atoms with Crippen molar-refractivity contribution >= 4 is 43.3 Å². The molecule has 0 spiro atoms. The first-order chi connectivity index (χ1) is 17.3. The molecule has 11 heteroatoms. The molecule has 5 rings (SSSR count). The summed E-state index contributed by atoms with van der Waals surface area (Å²) in [6.07, 6.45) is 2.11. The van der Waals surface area contributed by atoms with Crippen LogP contribution in [-0.2, 0) is 10.0 Å². The summed E-state index contributed by atoms with van der Waals surface area (Å²) in [5, 5.41) is 8.32. The lowest BCUT2D eigenvalue weighted by Crippen LogP contribution is -2.17. The third-order valence-electron chi connectivity index (χ3n) is 5.79. The number of rotatable bonds is 7. The number of methoxy groups -OCH3 is 1. The van der Waals surface area contributed by atoms with E-state index < -0.39 is 15.8 Å². The van der Waals surface area contributed by atoms with Gasteiger partial charge in [0.05, 0.1) is 30.3 Å². The van der Waals surface area contributed by atoms with Crippen LogP contribution in [0.15, 0.2) is 54.7 Å². The van der Waals surface area contributed by atoms with Gasteiger partial charge in [-0.15, -0.1) is 0 Å². The molecule has 0 atom stereocenters. The molecule has 2 heterocycles. The highest BCUT2D eigenvalue weighted by Gasteiger charge is 2.19. The number of nitrogen functional groups attached to an aromatic ring is 1. The van der Waals surface area contributed by atoms with E-state index in [0.29, 0.717) is 34.5 Å². The minimum absolute atomic E-state index is 0.108. The first-order valence-corrected chi connectivity index (χ1v) is 12.8. The van der Waals surface area contributed by atoms with E-state index in [1.54, 1.807) is 37.4 Å². The van der Waals surface area contributed by atoms with Crippen LogP contribution < -0.4 is 15.2 Å². The number of halogens is 1. The quantitative estimate of drug-likeness (QED) is 0.290. The van der Waals surface area contributed by atoms with Gasteiger partial charge in [-0.25, -0.2) is 22.8 Å². The summed E-state index contributed by atoms with van der Waals surface area (Å²) >= 11 is 0. The van der Waals surface area contributed by atoms with Crippen LogP contribution in [0.25, 0.3) is 44.3 Å². The molecule has 0 radical (unpaired) electrons. The predicted octanol–water partition coefficient (Wildman–Crippen LogP) is 4.72. The molecular formula is C25H23FN6O3S. The van der Waals surface area contributed by atoms with E-state index in [-0.39, 0.29) is 22.8 Å². The second-order valence-corrected chi connectivity index (χ2v) is 10.1. The Morgan fingerprint density at radius 1 is 1.08 bits per heavy atom. The number of benzene rings is 3. The molecule has 184 valence electrons. The number of anilines is 2. The molecule has 9 nitrogen and oxygen atoms in total. The number of aromatic amines is 1. The smallest absolute Gasteiger partial charge is 0.232 e. The van der Waals surface area contributed by atoms with Gasteiger partial charge < -0.3 is 10.5 Å². The van der Waals surface area contributed by atoms with E-state index in [0.717, 1.165) is 16.5 Å². The highest BCUT2D eigenvalue weighted by atomic mass is 32.2. The van der Waals surface area contributed by atoms with Gasteiger partial charge >= 0.3 is 0 Å². The number of hydrogen-bond donors (Lipinski definition) is 3. The Morgan fingerprint density at radius 3 is 2.64 bits per heavy atom. The van der Waals surface area contributed by atoms with Crippen molar-refractivity contribution in [2.75, 3.05) is 23.3 Å². The second-order valence-electron chi connectivity index (χ2n) is 8.23. The normalized spacial score (nSPS) is 11.8. The van der Waals surface area contributed by atoms with Crippen LogP contribution >= 0.6 is 0 Å². The number of ether oxygens (including phenoxy) is 1. The van der Waals surface area contributed by atoms with Crippen LogP contribution in [0.4, 0.5) is 15.9 Å². The van der Waals surface area contributed by atoms with Crippen LogP contribution in [-0.4, -0.2) is 41.4 Å². The van der Waals surface area contributed by atoms with E-state index in [4.69, 9.17) is 15.5 Å². The van der Waals surface area contributed by atoms with Crippen LogP contribution in [0.2, 0.25) is 0 Å². The van der Waals surface area contributed by atoms with Gasteiger partial charge in [0.2, 0.25) is 10.0 Å². The van der Waals surface area contributed by atoms with Gasteiger partial charge in [0, 0.05) is 21.9 Å². The fourth-order valence-electron chi connectivity index (χ4n) is 4.14. The summed E-state index contributed by atoms with van der Waals surface area (Å²) in [6, 6.07) is 13.5. The third-order valence-corrected chi connectivity index (χ3v) is 7.27. The van der Waals surface area contributed by atoms with Crippen molar-refractivity contribution in [1.82, 2.24) is 20.2 Å². The highest BCUT2D eigenvalue weighted by molar-refractivity contribution is 7.92. The first kappa shape index (κ1) is 23.5.